The summed E-state index contributed by atoms with van der Waals surface area (Å²) >= 11 is 1.49. The van der Waals surface area contributed by atoms with Gasteiger partial charge in [0.15, 0.2) is 5.16 Å². The molecule has 0 spiro atoms. The van der Waals surface area contributed by atoms with E-state index in [2.05, 4.69) is 4.98 Å². The van der Waals surface area contributed by atoms with E-state index in [0.717, 1.165) is 10.7 Å². The van der Waals surface area contributed by atoms with Gasteiger partial charge in [0.05, 0.1) is 0 Å². The minimum absolute atomic E-state index is 0.0596. The zero-order valence-electron chi connectivity index (χ0n) is 14.6. The summed E-state index contributed by atoms with van der Waals surface area (Å²) in [6.45, 7) is 2.62. The lowest BCUT2D eigenvalue weighted by Crippen LogP contribution is -2.38. The Morgan fingerprint density at radius 1 is 1.38 bits per heavy atom. The molecule has 1 N–H and O–H groups in total. The molecule has 1 amide bonds. The highest BCUT2D eigenvalue weighted by molar-refractivity contribution is 7.99. The first-order chi connectivity index (χ1) is 12.4. The van der Waals surface area contributed by atoms with Crippen LogP contribution in [-0.2, 0) is 31.4 Å². The fourth-order valence-electron chi connectivity index (χ4n) is 3.09. The number of thioether (sulfide) groups is 1. The van der Waals surface area contributed by atoms with Crippen molar-refractivity contribution in [2.75, 3.05) is 12.3 Å². The zero-order chi connectivity index (χ0) is 18.8. The first-order valence-electron chi connectivity index (χ1n) is 8.22. The van der Waals surface area contributed by atoms with Crippen LogP contribution in [0.5, 0.6) is 0 Å². The number of carboxylic acid groups (broad SMARTS) is 1. The SMILES string of the molecule is CC(=O)N1CCc2c(cn(CCSc3nccn3C)c(=O)c2C(=O)O)C1. The Morgan fingerprint density at radius 2 is 2.15 bits per heavy atom. The van der Waals surface area contributed by atoms with Crippen LogP contribution in [0.15, 0.2) is 28.5 Å². The normalized spacial score (nSPS) is 13.5. The van der Waals surface area contributed by atoms with E-state index < -0.39 is 11.5 Å². The lowest BCUT2D eigenvalue weighted by Gasteiger charge is -2.29. The number of amides is 1. The maximum Gasteiger partial charge on any atom is 0.341 e. The molecule has 1 aliphatic rings. The van der Waals surface area contributed by atoms with E-state index in [1.165, 1.54) is 23.3 Å². The minimum atomic E-state index is -1.21. The van der Waals surface area contributed by atoms with Crippen molar-refractivity contribution >= 4 is 23.6 Å². The fraction of sp³-hybridized carbons (Fsp3) is 0.412. The van der Waals surface area contributed by atoms with Gasteiger partial charge in [0.25, 0.3) is 5.56 Å². The molecule has 2 aromatic heterocycles. The highest BCUT2D eigenvalue weighted by Gasteiger charge is 2.26. The van der Waals surface area contributed by atoms with Crippen LogP contribution in [0.3, 0.4) is 0 Å². The molecule has 3 rings (SSSR count). The number of carboxylic acids is 1. The average Bonchev–Trinajstić information content (AvgIpc) is 2.99. The number of imidazole rings is 1. The summed E-state index contributed by atoms with van der Waals surface area (Å²) in [7, 11) is 1.89. The number of carbonyl (C=O) groups excluding carboxylic acids is 1. The largest absolute Gasteiger partial charge is 0.477 e. The standard InChI is InChI=1S/C17H20N4O4S/c1-11(22)20-5-3-13-12(9-20)10-21(15(23)14(13)16(24)25)7-8-26-17-18-4-6-19(17)2/h4,6,10H,3,5,7-9H2,1-2H3,(H,24,25). The molecular weight excluding hydrogens is 356 g/mol. The number of carbonyl (C=O) groups is 2. The maximum atomic E-state index is 12.6. The molecule has 138 valence electrons. The molecule has 3 heterocycles. The summed E-state index contributed by atoms with van der Waals surface area (Å²) in [5.74, 6) is -0.691. The van der Waals surface area contributed by atoms with E-state index in [1.807, 2.05) is 17.8 Å². The molecule has 0 fully saturated rings. The van der Waals surface area contributed by atoms with Gasteiger partial charge < -0.3 is 19.1 Å². The zero-order valence-corrected chi connectivity index (χ0v) is 15.5. The predicted molar refractivity (Wildman–Crippen MR) is 96.4 cm³/mol. The van der Waals surface area contributed by atoms with Gasteiger partial charge in [-0.25, -0.2) is 9.78 Å². The van der Waals surface area contributed by atoms with Crippen LogP contribution < -0.4 is 5.56 Å². The predicted octanol–water partition coefficient (Wildman–Crippen LogP) is 0.977. The molecule has 9 heteroatoms. The summed E-state index contributed by atoms with van der Waals surface area (Å²) in [5, 5.41) is 10.4. The molecule has 0 bridgehead atoms. The van der Waals surface area contributed by atoms with Gasteiger partial charge in [0.2, 0.25) is 5.91 Å². The first kappa shape index (κ1) is 18.2. The van der Waals surface area contributed by atoms with Crippen molar-refractivity contribution in [3.05, 3.63) is 45.6 Å². The molecule has 8 nitrogen and oxygen atoms in total. The molecule has 26 heavy (non-hydrogen) atoms. The second kappa shape index (κ2) is 7.36. The van der Waals surface area contributed by atoms with Gasteiger partial charge in [-0.2, -0.15) is 0 Å². The van der Waals surface area contributed by atoms with E-state index in [4.69, 9.17) is 0 Å². The number of nitrogens with zero attached hydrogens (tertiary/aromatic N) is 4. The highest BCUT2D eigenvalue weighted by Crippen LogP contribution is 2.21. The Bertz CT molecular complexity index is 918. The van der Waals surface area contributed by atoms with Crippen LogP contribution in [-0.4, -0.2) is 48.3 Å². The van der Waals surface area contributed by atoms with Crippen LogP contribution in [0.25, 0.3) is 0 Å². The minimum Gasteiger partial charge on any atom is -0.477 e. The van der Waals surface area contributed by atoms with Gasteiger partial charge in [-0.1, -0.05) is 11.8 Å². The number of aromatic nitrogens is 3. The van der Waals surface area contributed by atoms with Crippen molar-refractivity contribution in [3.63, 3.8) is 0 Å². The molecule has 0 saturated carbocycles. The van der Waals surface area contributed by atoms with Crippen LogP contribution >= 0.6 is 11.8 Å². The molecule has 1 aliphatic heterocycles. The topological polar surface area (TPSA) is 97.4 Å². The highest BCUT2D eigenvalue weighted by atomic mass is 32.2. The Hall–Kier alpha value is -2.55. The second-order valence-corrected chi connectivity index (χ2v) is 7.23. The fourth-order valence-corrected chi connectivity index (χ4v) is 3.96. The summed E-state index contributed by atoms with van der Waals surface area (Å²) in [6, 6.07) is 0. The van der Waals surface area contributed by atoms with Crippen molar-refractivity contribution in [1.29, 1.82) is 0 Å². The number of hydrogen-bond donors (Lipinski definition) is 1. The van der Waals surface area contributed by atoms with Gasteiger partial charge in [-0.05, 0) is 17.5 Å². The van der Waals surface area contributed by atoms with E-state index in [9.17, 15) is 19.5 Å². The van der Waals surface area contributed by atoms with Gasteiger partial charge in [0.1, 0.15) is 5.56 Å². The second-order valence-electron chi connectivity index (χ2n) is 6.17. The summed E-state index contributed by atoms with van der Waals surface area (Å²) in [5.41, 5.74) is 0.610. The number of fused-ring (bicyclic) bond motifs is 1. The van der Waals surface area contributed by atoms with Crippen LogP contribution in [0.2, 0.25) is 0 Å². The molecule has 0 aliphatic carbocycles. The number of hydrogen-bond acceptors (Lipinski definition) is 5. The molecular formula is C17H20N4O4S. The summed E-state index contributed by atoms with van der Waals surface area (Å²) in [6.07, 6.45) is 5.62. The van der Waals surface area contributed by atoms with Gasteiger partial charge in [0, 0.05) is 57.9 Å². The lowest BCUT2D eigenvalue weighted by atomic mass is 9.96. The molecule has 0 saturated heterocycles. The third-order valence-electron chi connectivity index (χ3n) is 4.47. The van der Waals surface area contributed by atoms with Gasteiger partial charge in [-0.3, -0.25) is 9.59 Å². The number of pyridine rings is 1. The maximum absolute atomic E-state index is 12.6. The third-order valence-corrected chi connectivity index (χ3v) is 5.51. The Kier molecular flexibility index (Phi) is 5.17. The quantitative estimate of drug-likeness (QED) is 0.781. The number of aryl methyl sites for hydroxylation is 2. The van der Waals surface area contributed by atoms with Crippen molar-refractivity contribution in [3.8, 4) is 0 Å². The van der Waals surface area contributed by atoms with E-state index in [0.29, 0.717) is 37.4 Å². The summed E-state index contributed by atoms with van der Waals surface area (Å²) in [4.78, 5) is 41.8. The first-order valence-corrected chi connectivity index (χ1v) is 9.21. The van der Waals surface area contributed by atoms with E-state index >= 15 is 0 Å². The summed E-state index contributed by atoms with van der Waals surface area (Å²) < 4.78 is 3.32. The average molecular weight is 376 g/mol. The smallest absolute Gasteiger partial charge is 0.341 e. The monoisotopic (exact) mass is 376 g/mol. The molecule has 0 unspecified atom stereocenters. The van der Waals surface area contributed by atoms with Crippen molar-refractivity contribution in [1.82, 2.24) is 19.0 Å². The lowest BCUT2D eigenvalue weighted by molar-refractivity contribution is -0.129. The van der Waals surface area contributed by atoms with Crippen molar-refractivity contribution in [2.45, 2.75) is 31.6 Å². The molecule has 2 aromatic rings. The van der Waals surface area contributed by atoms with Crippen molar-refractivity contribution in [2.24, 2.45) is 7.05 Å². The third kappa shape index (κ3) is 3.52. The van der Waals surface area contributed by atoms with E-state index in [1.54, 1.807) is 17.3 Å². The van der Waals surface area contributed by atoms with Gasteiger partial charge >= 0.3 is 5.97 Å². The van der Waals surface area contributed by atoms with E-state index in [-0.39, 0.29) is 11.5 Å². The van der Waals surface area contributed by atoms with Crippen LogP contribution in [0, 0.1) is 0 Å². The number of rotatable bonds is 5. The Balaban J connectivity index is 1.88. The Labute approximate surface area is 154 Å². The Morgan fingerprint density at radius 3 is 2.77 bits per heavy atom. The van der Waals surface area contributed by atoms with Crippen molar-refractivity contribution < 1.29 is 14.7 Å². The molecule has 0 radical (unpaired) electrons. The van der Waals surface area contributed by atoms with Gasteiger partial charge in [-0.15, -0.1) is 0 Å². The molecule has 0 atom stereocenters. The van der Waals surface area contributed by atoms with Crippen LogP contribution in [0.1, 0.15) is 28.4 Å². The van der Waals surface area contributed by atoms with Crippen LogP contribution in [0.4, 0.5) is 0 Å². The number of aromatic carboxylic acids is 1. The molecule has 0 aromatic carbocycles.